The zero-order valence-electron chi connectivity index (χ0n) is 11.9. The molecule has 0 amide bonds. The summed E-state index contributed by atoms with van der Waals surface area (Å²) in [4.78, 5) is 18.1. The summed E-state index contributed by atoms with van der Waals surface area (Å²) >= 11 is 0. The van der Waals surface area contributed by atoms with E-state index in [1.54, 1.807) is 12.1 Å². The molecule has 1 fully saturated rings. The Morgan fingerprint density at radius 3 is 2.90 bits per heavy atom. The fraction of sp³-hybridized carbons (Fsp3) is 0.375. The number of nitrogens with zero attached hydrogens (tertiary/aromatic N) is 2. The molecule has 0 spiro atoms. The number of hydrogen-bond acceptors (Lipinski definition) is 4. The van der Waals surface area contributed by atoms with Crippen molar-refractivity contribution in [2.75, 3.05) is 18.1 Å². The Kier molecular flexibility index (Phi) is 3.51. The number of carbonyl (C=O) groups is 1. The Morgan fingerprint density at radius 1 is 1.43 bits per heavy atom. The first-order valence-corrected chi connectivity index (χ1v) is 7.12. The van der Waals surface area contributed by atoms with Crippen LogP contribution in [-0.2, 0) is 0 Å². The molecule has 2 aromatic rings. The van der Waals surface area contributed by atoms with Gasteiger partial charge in [-0.1, -0.05) is 25.1 Å². The average Bonchev–Trinajstić information content (AvgIpc) is 2.86. The molecule has 21 heavy (non-hydrogen) atoms. The van der Waals surface area contributed by atoms with Gasteiger partial charge in [-0.15, -0.1) is 0 Å². The number of anilines is 1. The van der Waals surface area contributed by atoms with Crippen LogP contribution in [0.1, 0.15) is 23.7 Å². The van der Waals surface area contributed by atoms with Crippen molar-refractivity contribution in [1.82, 2.24) is 4.98 Å². The molecule has 110 valence electrons. The third-order valence-electron chi connectivity index (χ3n) is 4.30. The van der Waals surface area contributed by atoms with E-state index in [1.165, 1.54) is 0 Å². The highest BCUT2D eigenvalue weighted by Crippen LogP contribution is 2.31. The zero-order chi connectivity index (χ0) is 15.0. The number of carboxylic acids is 1. The van der Waals surface area contributed by atoms with E-state index >= 15 is 0 Å². The number of carboxylic acid groups (broad SMARTS) is 1. The first-order chi connectivity index (χ1) is 10.1. The van der Waals surface area contributed by atoms with E-state index in [0.29, 0.717) is 22.6 Å². The summed E-state index contributed by atoms with van der Waals surface area (Å²) in [7, 11) is 0. The van der Waals surface area contributed by atoms with E-state index in [0.717, 1.165) is 13.0 Å². The lowest BCUT2D eigenvalue weighted by Crippen LogP contribution is -2.35. The van der Waals surface area contributed by atoms with Gasteiger partial charge in [0.15, 0.2) is 0 Å². The number of aliphatic hydroxyl groups is 1. The number of aromatic nitrogens is 1. The summed E-state index contributed by atoms with van der Waals surface area (Å²) in [5.41, 5.74) is 0.926. The van der Waals surface area contributed by atoms with Gasteiger partial charge in [-0.3, -0.25) is 0 Å². The minimum atomic E-state index is -0.956. The average molecular weight is 286 g/mol. The fourth-order valence-electron chi connectivity index (χ4n) is 3.06. The van der Waals surface area contributed by atoms with Crippen molar-refractivity contribution in [1.29, 1.82) is 0 Å². The lowest BCUT2D eigenvalue weighted by molar-refractivity contribution is 0.0699. The molecule has 2 heterocycles. The predicted octanol–water partition coefficient (Wildman–Crippen LogP) is 2.14. The summed E-state index contributed by atoms with van der Waals surface area (Å²) in [5, 5.41) is 19.6. The quantitative estimate of drug-likeness (QED) is 0.904. The van der Waals surface area contributed by atoms with Crippen molar-refractivity contribution in [3.8, 4) is 0 Å². The van der Waals surface area contributed by atoms with Crippen LogP contribution < -0.4 is 4.90 Å². The number of fused-ring (bicyclic) bond motifs is 1. The summed E-state index contributed by atoms with van der Waals surface area (Å²) in [5.74, 6) is 0.0497. The van der Waals surface area contributed by atoms with Crippen LogP contribution in [0, 0.1) is 5.92 Å². The summed E-state index contributed by atoms with van der Waals surface area (Å²) in [6.07, 6.45) is 0.974. The van der Waals surface area contributed by atoms with Gasteiger partial charge in [0.2, 0.25) is 0 Å². The van der Waals surface area contributed by atoms with Crippen LogP contribution >= 0.6 is 0 Å². The summed E-state index contributed by atoms with van der Waals surface area (Å²) in [6.45, 7) is 2.94. The van der Waals surface area contributed by atoms with Crippen molar-refractivity contribution in [2.24, 2.45) is 5.92 Å². The Balaban J connectivity index is 2.13. The van der Waals surface area contributed by atoms with E-state index in [4.69, 9.17) is 0 Å². The van der Waals surface area contributed by atoms with Gasteiger partial charge in [-0.2, -0.15) is 0 Å². The second kappa shape index (κ2) is 5.33. The first kappa shape index (κ1) is 13.8. The van der Waals surface area contributed by atoms with Crippen LogP contribution in [0.3, 0.4) is 0 Å². The van der Waals surface area contributed by atoms with Gasteiger partial charge in [0.05, 0.1) is 23.7 Å². The molecular formula is C16H18N2O3. The monoisotopic (exact) mass is 286 g/mol. The van der Waals surface area contributed by atoms with Gasteiger partial charge in [0.25, 0.3) is 0 Å². The summed E-state index contributed by atoms with van der Waals surface area (Å²) < 4.78 is 0. The van der Waals surface area contributed by atoms with Crippen LogP contribution in [0.25, 0.3) is 10.9 Å². The molecule has 5 nitrogen and oxygen atoms in total. The first-order valence-electron chi connectivity index (χ1n) is 7.12. The third-order valence-corrected chi connectivity index (χ3v) is 4.30. The standard InChI is InChI=1S/C16H18N2O3/c1-10-6-7-18(14(10)9-19)15-8-12(16(20)21)11-4-2-3-5-13(11)17-15/h2-5,8,10,14,19H,6-7,9H2,1H3,(H,20,21). The number of aromatic carboxylic acids is 1. The molecule has 1 saturated heterocycles. The number of rotatable bonds is 3. The third kappa shape index (κ3) is 2.34. The van der Waals surface area contributed by atoms with E-state index in [9.17, 15) is 15.0 Å². The van der Waals surface area contributed by atoms with Crippen molar-refractivity contribution >= 4 is 22.7 Å². The van der Waals surface area contributed by atoms with E-state index < -0.39 is 5.97 Å². The largest absolute Gasteiger partial charge is 0.478 e. The highest BCUT2D eigenvalue weighted by atomic mass is 16.4. The number of aliphatic hydroxyl groups excluding tert-OH is 1. The molecule has 2 N–H and O–H groups in total. The molecule has 1 aromatic heterocycles. The Bertz CT molecular complexity index is 686. The molecule has 2 atom stereocenters. The molecule has 3 rings (SSSR count). The number of benzene rings is 1. The molecular weight excluding hydrogens is 268 g/mol. The molecule has 1 aliphatic rings. The fourth-order valence-corrected chi connectivity index (χ4v) is 3.06. The SMILES string of the molecule is CC1CCN(c2cc(C(=O)O)c3ccccc3n2)C1CO. The van der Waals surface area contributed by atoms with Crippen molar-refractivity contribution in [3.63, 3.8) is 0 Å². The lowest BCUT2D eigenvalue weighted by atomic mass is 10.0. The van der Waals surface area contributed by atoms with Crippen LogP contribution in [0.5, 0.6) is 0 Å². The van der Waals surface area contributed by atoms with Gasteiger partial charge in [-0.05, 0) is 24.5 Å². The maximum absolute atomic E-state index is 11.5. The summed E-state index contributed by atoms with van der Waals surface area (Å²) in [6, 6.07) is 8.86. The Morgan fingerprint density at radius 2 is 2.19 bits per heavy atom. The van der Waals surface area contributed by atoms with E-state index in [-0.39, 0.29) is 18.2 Å². The number of para-hydroxylation sites is 1. The molecule has 0 aliphatic carbocycles. The maximum atomic E-state index is 11.5. The maximum Gasteiger partial charge on any atom is 0.336 e. The molecule has 0 saturated carbocycles. The lowest BCUT2D eigenvalue weighted by Gasteiger charge is -2.26. The van der Waals surface area contributed by atoms with Crippen LogP contribution in [0.2, 0.25) is 0 Å². The topological polar surface area (TPSA) is 73.7 Å². The molecule has 1 aliphatic heterocycles. The number of pyridine rings is 1. The van der Waals surface area contributed by atoms with Gasteiger partial charge < -0.3 is 15.1 Å². The van der Waals surface area contributed by atoms with E-state index in [2.05, 4.69) is 11.9 Å². The molecule has 5 heteroatoms. The minimum absolute atomic E-state index is 0.000284. The van der Waals surface area contributed by atoms with E-state index in [1.807, 2.05) is 23.1 Å². The van der Waals surface area contributed by atoms with Gasteiger partial charge in [-0.25, -0.2) is 9.78 Å². The smallest absolute Gasteiger partial charge is 0.336 e. The van der Waals surface area contributed by atoms with Crippen molar-refractivity contribution in [3.05, 3.63) is 35.9 Å². The molecule has 0 radical (unpaired) electrons. The van der Waals surface area contributed by atoms with Crippen LogP contribution in [0.15, 0.2) is 30.3 Å². The molecule has 0 bridgehead atoms. The van der Waals surface area contributed by atoms with Crippen LogP contribution in [0.4, 0.5) is 5.82 Å². The molecule has 2 unspecified atom stereocenters. The van der Waals surface area contributed by atoms with Gasteiger partial charge in [0, 0.05) is 11.9 Å². The molecule has 1 aromatic carbocycles. The highest BCUT2D eigenvalue weighted by molar-refractivity contribution is 6.03. The normalized spacial score (nSPS) is 21.9. The van der Waals surface area contributed by atoms with Gasteiger partial charge >= 0.3 is 5.97 Å². The second-order valence-electron chi connectivity index (χ2n) is 5.56. The predicted molar refractivity (Wildman–Crippen MR) is 80.7 cm³/mol. The van der Waals surface area contributed by atoms with Gasteiger partial charge in [0.1, 0.15) is 5.82 Å². The highest BCUT2D eigenvalue weighted by Gasteiger charge is 2.32. The van der Waals surface area contributed by atoms with Crippen LogP contribution in [-0.4, -0.2) is 40.4 Å². The number of hydrogen-bond donors (Lipinski definition) is 2. The Hall–Kier alpha value is -2.14. The zero-order valence-corrected chi connectivity index (χ0v) is 11.9. The van der Waals surface area contributed by atoms with Crippen molar-refractivity contribution < 1.29 is 15.0 Å². The Labute approximate surface area is 122 Å². The van der Waals surface area contributed by atoms with Crippen molar-refractivity contribution in [2.45, 2.75) is 19.4 Å². The second-order valence-corrected chi connectivity index (χ2v) is 5.56. The minimum Gasteiger partial charge on any atom is -0.478 e.